The number of nitrogens with one attached hydrogen (secondary N) is 1. The zero-order chi connectivity index (χ0) is 13.2. The molecular weight excluding hydrogens is 240 g/mol. The Kier molecular flexibility index (Phi) is 2.95. The lowest BCUT2D eigenvalue weighted by Crippen LogP contribution is -2.37. The monoisotopic (exact) mass is 256 g/mol. The Morgan fingerprint density at radius 3 is 2.58 bits per heavy atom. The van der Waals surface area contributed by atoms with Crippen molar-refractivity contribution in [3.05, 3.63) is 47.7 Å². The van der Waals surface area contributed by atoms with Gasteiger partial charge in [-0.05, 0) is 30.0 Å². The standard InChI is InChI=1S/C14H16N4O/c15-13-5-6-18(17-13)9-14(19)16-12-7-10-3-1-2-4-11(10)8-12/h1-6,12H,7-9H2,(H2,15,17)(H,16,19). The Hall–Kier alpha value is -2.30. The fraction of sp³-hybridized carbons (Fsp3) is 0.286. The molecule has 0 atom stereocenters. The molecule has 0 fully saturated rings. The van der Waals surface area contributed by atoms with E-state index in [1.54, 1.807) is 16.9 Å². The molecular formula is C14H16N4O. The second-order valence-corrected chi connectivity index (χ2v) is 4.88. The molecule has 1 aliphatic rings. The first-order chi connectivity index (χ1) is 9.20. The Morgan fingerprint density at radius 1 is 1.32 bits per heavy atom. The predicted octanol–water partition coefficient (Wildman–Crippen LogP) is 0.749. The molecule has 1 aliphatic carbocycles. The Bertz CT molecular complexity index is 580. The van der Waals surface area contributed by atoms with Crippen LogP contribution in [0, 0.1) is 0 Å². The summed E-state index contributed by atoms with van der Waals surface area (Å²) in [5.41, 5.74) is 8.17. The number of hydrogen-bond acceptors (Lipinski definition) is 3. The molecule has 3 N–H and O–H groups in total. The molecule has 1 aromatic heterocycles. The predicted molar refractivity (Wildman–Crippen MR) is 72.4 cm³/mol. The summed E-state index contributed by atoms with van der Waals surface area (Å²) in [6.45, 7) is 0.212. The normalized spacial score (nSPS) is 14.3. The number of nitrogens with zero attached hydrogens (tertiary/aromatic N) is 2. The SMILES string of the molecule is Nc1ccn(CC(=O)NC2Cc3ccccc3C2)n1. The molecule has 98 valence electrons. The average Bonchev–Trinajstić information content (AvgIpc) is 2.94. The minimum Gasteiger partial charge on any atom is -0.382 e. The molecule has 1 aromatic carbocycles. The molecule has 3 rings (SSSR count). The lowest BCUT2D eigenvalue weighted by molar-refractivity contribution is -0.122. The van der Waals surface area contributed by atoms with Crippen LogP contribution in [0.3, 0.4) is 0 Å². The van der Waals surface area contributed by atoms with Gasteiger partial charge in [0.05, 0.1) is 0 Å². The van der Waals surface area contributed by atoms with Gasteiger partial charge in [-0.25, -0.2) is 0 Å². The number of amides is 1. The summed E-state index contributed by atoms with van der Waals surface area (Å²) in [6.07, 6.45) is 3.52. The maximum absolute atomic E-state index is 11.9. The Balaban J connectivity index is 1.57. The largest absolute Gasteiger partial charge is 0.382 e. The van der Waals surface area contributed by atoms with Gasteiger partial charge >= 0.3 is 0 Å². The van der Waals surface area contributed by atoms with E-state index in [0.29, 0.717) is 5.82 Å². The lowest BCUT2D eigenvalue weighted by Gasteiger charge is -2.11. The number of carbonyl (C=O) groups is 1. The van der Waals surface area contributed by atoms with E-state index in [9.17, 15) is 4.79 Å². The number of nitrogens with two attached hydrogens (primary N) is 1. The molecule has 0 aliphatic heterocycles. The van der Waals surface area contributed by atoms with Crippen LogP contribution in [0.25, 0.3) is 0 Å². The minimum absolute atomic E-state index is 0.0269. The van der Waals surface area contributed by atoms with Crippen LogP contribution in [0.15, 0.2) is 36.5 Å². The van der Waals surface area contributed by atoms with Crippen molar-refractivity contribution in [2.24, 2.45) is 0 Å². The van der Waals surface area contributed by atoms with Crippen molar-refractivity contribution in [2.75, 3.05) is 5.73 Å². The summed E-state index contributed by atoms with van der Waals surface area (Å²) >= 11 is 0. The van der Waals surface area contributed by atoms with Crippen LogP contribution in [-0.2, 0) is 24.2 Å². The highest BCUT2D eigenvalue weighted by Gasteiger charge is 2.22. The zero-order valence-electron chi connectivity index (χ0n) is 10.5. The van der Waals surface area contributed by atoms with Crippen molar-refractivity contribution in [3.8, 4) is 0 Å². The molecule has 1 heterocycles. The van der Waals surface area contributed by atoms with Gasteiger partial charge in [0.25, 0.3) is 0 Å². The first kappa shape index (κ1) is 11.8. The molecule has 0 saturated carbocycles. The molecule has 1 amide bonds. The van der Waals surface area contributed by atoms with Crippen molar-refractivity contribution in [2.45, 2.75) is 25.4 Å². The summed E-state index contributed by atoms with van der Waals surface area (Å²) in [7, 11) is 0. The second-order valence-electron chi connectivity index (χ2n) is 4.88. The summed E-state index contributed by atoms with van der Waals surface area (Å²) < 4.78 is 1.55. The second kappa shape index (κ2) is 4.76. The van der Waals surface area contributed by atoms with Crippen molar-refractivity contribution in [3.63, 3.8) is 0 Å². The smallest absolute Gasteiger partial charge is 0.241 e. The van der Waals surface area contributed by atoms with Gasteiger partial charge in [-0.15, -0.1) is 0 Å². The molecule has 0 radical (unpaired) electrons. The van der Waals surface area contributed by atoms with Crippen LogP contribution in [0.1, 0.15) is 11.1 Å². The number of benzene rings is 1. The van der Waals surface area contributed by atoms with Crippen LogP contribution >= 0.6 is 0 Å². The van der Waals surface area contributed by atoms with Crippen molar-refractivity contribution in [1.29, 1.82) is 0 Å². The number of anilines is 1. The molecule has 0 unspecified atom stereocenters. The van der Waals surface area contributed by atoms with Gasteiger partial charge in [0.15, 0.2) is 0 Å². The Morgan fingerprint density at radius 2 is 2.00 bits per heavy atom. The molecule has 0 saturated heterocycles. The van der Waals surface area contributed by atoms with E-state index >= 15 is 0 Å². The van der Waals surface area contributed by atoms with Gasteiger partial charge in [0, 0.05) is 12.2 Å². The molecule has 2 aromatic rings. The van der Waals surface area contributed by atoms with E-state index in [1.165, 1.54) is 11.1 Å². The highest BCUT2D eigenvalue weighted by Crippen LogP contribution is 2.21. The van der Waals surface area contributed by atoms with Crippen LogP contribution < -0.4 is 11.1 Å². The van der Waals surface area contributed by atoms with E-state index in [0.717, 1.165) is 12.8 Å². The van der Waals surface area contributed by atoms with Crippen LogP contribution in [0.2, 0.25) is 0 Å². The maximum atomic E-state index is 11.9. The van der Waals surface area contributed by atoms with Crippen molar-refractivity contribution in [1.82, 2.24) is 15.1 Å². The number of nitrogen functional groups attached to an aromatic ring is 1. The van der Waals surface area contributed by atoms with E-state index in [1.807, 2.05) is 12.1 Å². The maximum Gasteiger partial charge on any atom is 0.241 e. The molecule has 0 spiro atoms. The third-order valence-electron chi connectivity index (χ3n) is 3.38. The number of aromatic nitrogens is 2. The van der Waals surface area contributed by atoms with E-state index in [-0.39, 0.29) is 18.5 Å². The van der Waals surface area contributed by atoms with E-state index < -0.39 is 0 Å². The Labute approximate surface area is 111 Å². The highest BCUT2D eigenvalue weighted by atomic mass is 16.2. The summed E-state index contributed by atoms with van der Waals surface area (Å²) in [6, 6.07) is 10.2. The molecule has 19 heavy (non-hydrogen) atoms. The van der Waals surface area contributed by atoms with Gasteiger partial charge in [-0.2, -0.15) is 5.10 Å². The number of hydrogen-bond donors (Lipinski definition) is 2. The molecule has 5 heteroatoms. The zero-order valence-corrected chi connectivity index (χ0v) is 10.5. The molecule has 5 nitrogen and oxygen atoms in total. The van der Waals surface area contributed by atoms with Crippen LogP contribution in [0.5, 0.6) is 0 Å². The number of fused-ring (bicyclic) bond motifs is 1. The van der Waals surface area contributed by atoms with Gasteiger partial charge < -0.3 is 11.1 Å². The topological polar surface area (TPSA) is 72.9 Å². The summed E-state index contributed by atoms with van der Waals surface area (Å²) in [5, 5.41) is 7.04. The van der Waals surface area contributed by atoms with Crippen LogP contribution in [-0.4, -0.2) is 21.7 Å². The summed E-state index contributed by atoms with van der Waals surface area (Å²) in [5.74, 6) is 0.405. The van der Waals surface area contributed by atoms with Gasteiger partial charge in [0.2, 0.25) is 5.91 Å². The summed E-state index contributed by atoms with van der Waals surface area (Å²) in [4.78, 5) is 11.9. The first-order valence-corrected chi connectivity index (χ1v) is 6.36. The van der Waals surface area contributed by atoms with Gasteiger partial charge in [-0.3, -0.25) is 9.48 Å². The third kappa shape index (κ3) is 2.59. The molecule has 0 bridgehead atoms. The minimum atomic E-state index is -0.0269. The lowest BCUT2D eigenvalue weighted by atomic mass is 10.1. The fourth-order valence-corrected chi connectivity index (χ4v) is 2.55. The first-order valence-electron chi connectivity index (χ1n) is 6.36. The van der Waals surface area contributed by atoms with Crippen molar-refractivity contribution < 1.29 is 4.79 Å². The van der Waals surface area contributed by atoms with E-state index in [4.69, 9.17) is 5.73 Å². The fourth-order valence-electron chi connectivity index (χ4n) is 2.55. The average molecular weight is 256 g/mol. The third-order valence-corrected chi connectivity index (χ3v) is 3.38. The van der Waals surface area contributed by atoms with Crippen molar-refractivity contribution >= 4 is 11.7 Å². The van der Waals surface area contributed by atoms with Crippen LogP contribution in [0.4, 0.5) is 5.82 Å². The van der Waals surface area contributed by atoms with Gasteiger partial charge in [-0.1, -0.05) is 24.3 Å². The number of carbonyl (C=O) groups excluding carboxylic acids is 1. The quantitative estimate of drug-likeness (QED) is 0.851. The number of rotatable bonds is 3. The van der Waals surface area contributed by atoms with Gasteiger partial charge in [0.1, 0.15) is 12.4 Å². The van der Waals surface area contributed by atoms with E-state index in [2.05, 4.69) is 22.5 Å². The highest BCUT2D eigenvalue weighted by molar-refractivity contribution is 5.76.